The summed E-state index contributed by atoms with van der Waals surface area (Å²) in [5.74, 6) is -0.621. The van der Waals surface area contributed by atoms with E-state index in [9.17, 15) is 22.4 Å². The monoisotopic (exact) mass is 583 g/mol. The third-order valence-corrected chi connectivity index (χ3v) is 8.30. The number of pyridine rings is 1. The SMILES string of the molecule is CCCCOc1cc(C(=O)F)nc2ccc(CN(C(C(N)=O)c3ccccc3)S(=O)(=O)c3ccc(Cl)cc3)cc12. The van der Waals surface area contributed by atoms with Gasteiger partial charge in [-0.1, -0.05) is 61.3 Å². The lowest BCUT2D eigenvalue weighted by Gasteiger charge is -2.29. The van der Waals surface area contributed by atoms with Gasteiger partial charge in [0.2, 0.25) is 15.9 Å². The maximum atomic E-state index is 14.0. The summed E-state index contributed by atoms with van der Waals surface area (Å²) in [6.45, 7) is 2.07. The molecular weight excluding hydrogens is 557 g/mol. The van der Waals surface area contributed by atoms with E-state index in [2.05, 4.69) is 4.98 Å². The summed E-state index contributed by atoms with van der Waals surface area (Å²) in [4.78, 5) is 28.2. The Kier molecular flexibility index (Phi) is 9.14. The zero-order chi connectivity index (χ0) is 28.9. The molecule has 0 aliphatic carbocycles. The van der Waals surface area contributed by atoms with E-state index in [-0.39, 0.29) is 17.2 Å². The molecule has 0 radical (unpaired) electrons. The van der Waals surface area contributed by atoms with E-state index in [0.717, 1.165) is 17.1 Å². The number of benzene rings is 3. The molecule has 40 heavy (non-hydrogen) atoms. The molecule has 4 rings (SSSR count). The lowest BCUT2D eigenvalue weighted by molar-refractivity contribution is -0.122. The molecular formula is C29H27ClFN3O5S. The second-order valence-corrected chi connectivity index (χ2v) is 11.4. The Hall–Kier alpha value is -3.86. The first-order valence-electron chi connectivity index (χ1n) is 12.5. The normalized spacial score (nSPS) is 12.4. The van der Waals surface area contributed by atoms with Gasteiger partial charge >= 0.3 is 6.04 Å². The van der Waals surface area contributed by atoms with Gasteiger partial charge in [0.1, 0.15) is 17.5 Å². The molecule has 0 bridgehead atoms. The number of unbranched alkanes of at least 4 members (excludes halogenated alkanes) is 1. The van der Waals surface area contributed by atoms with E-state index in [0.29, 0.717) is 33.7 Å². The quantitative estimate of drug-likeness (QED) is 0.171. The second kappa shape index (κ2) is 12.5. The van der Waals surface area contributed by atoms with Crippen molar-refractivity contribution < 1.29 is 27.1 Å². The van der Waals surface area contributed by atoms with Crippen molar-refractivity contribution in [1.82, 2.24) is 9.29 Å². The largest absolute Gasteiger partial charge is 0.493 e. The highest BCUT2D eigenvalue weighted by Crippen LogP contribution is 2.33. The lowest BCUT2D eigenvalue weighted by Crippen LogP contribution is -2.41. The molecule has 0 aliphatic rings. The maximum absolute atomic E-state index is 14.0. The fourth-order valence-electron chi connectivity index (χ4n) is 4.23. The number of carbonyl (C=O) groups is 2. The molecule has 0 aliphatic heterocycles. The van der Waals surface area contributed by atoms with Gasteiger partial charge in [0.15, 0.2) is 0 Å². The number of amides is 1. The number of carbonyl (C=O) groups excluding carboxylic acids is 2. The number of fused-ring (bicyclic) bond motifs is 1. The molecule has 8 nitrogen and oxygen atoms in total. The molecule has 1 atom stereocenters. The molecule has 11 heteroatoms. The molecule has 2 N–H and O–H groups in total. The molecule has 0 saturated carbocycles. The standard InChI is InChI=1S/C29H27ClFN3O5S/c1-2-3-15-39-26-17-25(28(31)35)33-24-14-9-19(16-23(24)26)18-34(27(29(32)36)20-7-5-4-6-8-20)40(37,38)22-12-10-21(30)11-13-22/h4-14,16-17,27H,2-3,15,18H2,1H3,(H2,32,36). The van der Waals surface area contributed by atoms with Gasteiger partial charge in [-0.15, -0.1) is 0 Å². The van der Waals surface area contributed by atoms with E-state index < -0.39 is 33.7 Å². The van der Waals surface area contributed by atoms with Crippen molar-refractivity contribution in [1.29, 1.82) is 0 Å². The zero-order valence-electron chi connectivity index (χ0n) is 21.6. The van der Waals surface area contributed by atoms with Gasteiger partial charge in [0, 0.05) is 23.0 Å². The number of hydrogen-bond donors (Lipinski definition) is 1. The van der Waals surface area contributed by atoms with Crippen molar-refractivity contribution in [2.24, 2.45) is 5.73 Å². The van der Waals surface area contributed by atoms with Gasteiger partial charge in [-0.25, -0.2) is 13.4 Å². The zero-order valence-corrected chi connectivity index (χ0v) is 23.2. The van der Waals surface area contributed by atoms with Crippen LogP contribution in [0.3, 0.4) is 0 Å². The van der Waals surface area contributed by atoms with Gasteiger partial charge in [-0.2, -0.15) is 8.70 Å². The van der Waals surface area contributed by atoms with Gasteiger partial charge in [0.25, 0.3) is 0 Å². The summed E-state index contributed by atoms with van der Waals surface area (Å²) in [6, 6.07) is 16.9. The van der Waals surface area contributed by atoms with Crippen LogP contribution in [-0.4, -0.2) is 36.3 Å². The van der Waals surface area contributed by atoms with Gasteiger partial charge in [-0.05, 0) is 53.9 Å². The van der Waals surface area contributed by atoms with Crippen LogP contribution in [0.1, 0.15) is 47.4 Å². The van der Waals surface area contributed by atoms with Crippen LogP contribution in [0.4, 0.5) is 4.39 Å². The van der Waals surface area contributed by atoms with E-state index in [1.54, 1.807) is 48.5 Å². The van der Waals surface area contributed by atoms with Gasteiger partial charge < -0.3 is 10.5 Å². The van der Waals surface area contributed by atoms with E-state index >= 15 is 0 Å². The summed E-state index contributed by atoms with van der Waals surface area (Å²) in [6.07, 6.45) is 1.58. The number of nitrogens with zero attached hydrogens (tertiary/aromatic N) is 2. The molecule has 208 valence electrons. The first kappa shape index (κ1) is 29.1. The smallest absolute Gasteiger partial charge is 0.350 e. The van der Waals surface area contributed by atoms with Crippen molar-refractivity contribution in [2.45, 2.75) is 37.2 Å². The van der Waals surface area contributed by atoms with Crippen LogP contribution in [0.5, 0.6) is 5.75 Å². The molecule has 1 unspecified atom stereocenters. The summed E-state index contributed by atoms with van der Waals surface area (Å²) < 4.78 is 48.3. The fraction of sp³-hybridized carbons (Fsp3) is 0.207. The molecule has 1 amide bonds. The Morgan fingerprint density at radius 2 is 1.75 bits per heavy atom. The number of aromatic nitrogens is 1. The van der Waals surface area contributed by atoms with E-state index in [1.165, 1.54) is 30.3 Å². The van der Waals surface area contributed by atoms with Crippen LogP contribution in [0.15, 0.2) is 83.8 Å². The van der Waals surface area contributed by atoms with Crippen molar-refractivity contribution in [2.75, 3.05) is 6.61 Å². The average Bonchev–Trinajstić information content (AvgIpc) is 2.93. The van der Waals surface area contributed by atoms with Gasteiger partial charge in [0.05, 0.1) is 17.0 Å². The van der Waals surface area contributed by atoms with Crippen molar-refractivity contribution >= 4 is 44.5 Å². The van der Waals surface area contributed by atoms with Crippen molar-refractivity contribution in [3.8, 4) is 5.75 Å². The highest BCUT2D eigenvalue weighted by molar-refractivity contribution is 7.89. The Morgan fingerprint density at radius 1 is 1.05 bits per heavy atom. The number of sulfonamides is 1. The number of rotatable bonds is 12. The van der Waals surface area contributed by atoms with E-state index in [4.69, 9.17) is 22.1 Å². The molecule has 3 aromatic carbocycles. The highest BCUT2D eigenvalue weighted by atomic mass is 35.5. The van der Waals surface area contributed by atoms with E-state index in [1.807, 2.05) is 6.92 Å². The first-order valence-corrected chi connectivity index (χ1v) is 14.3. The number of hydrogen-bond acceptors (Lipinski definition) is 6. The van der Waals surface area contributed by atoms with Crippen LogP contribution in [0, 0.1) is 0 Å². The van der Waals surface area contributed by atoms with Crippen molar-refractivity contribution in [3.05, 3.63) is 101 Å². The summed E-state index contributed by atoms with van der Waals surface area (Å²) in [5, 5.41) is 0.807. The Labute approximate surface area is 236 Å². The molecule has 1 aromatic heterocycles. The average molecular weight is 584 g/mol. The minimum atomic E-state index is -4.27. The van der Waals surface area contributed by atoms with Gasteiger partial charge in [-0.3, -0.25) is 9.59 Å². The Balaban J connectivity index is 1.85. The lowest BCUT2D eigenvalue weighted by atomic mass is 10.0. The minimum absolute atomic E-state index is 0.0729. The topological polar surface area (TPSA) is 120 Å². The van der Waals surface area contributed by atoms with Crippen LogP contribution in [0.25, 0.3) is 10.9 Å². The third-order valence-electron chi connectivity index (χ3n) is 6.22. The number of ether oxygens (including phenoxy) is 1. The summed E-state index contributed by atoms with van der Waals surface area (Å²) in [5.41, 5.74) is 6.56. The predicted octanol–water partition coefficient (Wildman–Crippen LogP) is 5.59. The summed E-state index contributed by atoms with van der Waals surface area (Å²) in [7, 11) is -4.27. The highest BCUT2D eigenvalue weighted by Gasteiger charge is 2.36. The predicted molar refractivity (Wildman–Crippen MR) is 150 cm³/mol. The first-order chi connectivity index (χ1) is 19.1. The number of nitrogens with two attached hydrogens (primary N) is 1. The molecule has 0 fully saturated rings. The van der Waals surface area contributed by atoms with Crippen LogP contribution in [0.2, 0.25) is 5.02 Å². The third kappa shape index (κ3) is 6.47. The summed E-state index contributed by atoms with van der Waals surface area (Å²) >= 11 is 5.98. The van der Waals surface area contributed by atoms with Crippen LogP contribution in [-0.2, 0) is 21.4 Å². The Morgan fingerprint density at radius 3 is 2.38 bits per heavy atom. The fourth-order valence-corrected chi connectivity index (χ4v) is 5.93. The second-order valence-electron chi connectivity index (χ2n) is 9.05. The van der Waals surface area contributed by atoms with Crippen molar-refractivity contribution in [3.63, 3.8) is 0 Å². The molecule has 4 aromatic rings. The minimum Gasteiger partial charge on any atom is -0.493 e. The molecule has 0 spiro atoms. The molecule has 0 saturated heterocycles. The van der Waals surface area contributed by atoms with Crippen LogP contribution < -0.4 is 10.5 Å². The van der Waals surface area contributed by atoms with Crippen LogP contribution >= 0.6 is 11.6 Å². The number of primary amides is 1. The molecule has 1 heterocycles. The number of halogens is 2. The maximum Gasteiger partial charge on any atom is 0.350 e. The Bertz CT molecular complexity index is 1630.